The van der Waals surface area contributed by atoms with Gasteiger partial charge in [0.15, 0.2) is 5.13 Å². The maximum Gasteiger partial charge on any atom is 0.231 e. The predicted octanol–water partition coefficient (Wildman–Crippen LogP) is 0.916. The van der Waals surface area contributed by atoms with Crippen LogP contribution >= 0.6 is 11.3 Å². The van der Waals surface area contributed by atoms with Crippen LogP contribution in [-0.2, 0) is 9.59 Å². The molecule has 16 heavy (non-hydrogen) atoms. The van der Waals surface area contributed by atoms with E-state index >= 15 is 0 Å². The number of thiazole rings is 1. The van der Waals surface area contributed by atoms with E-state index in [0.29, 0.717) is 24.5 Å². The molecule has 0 saturated carbocycles. The summed E-state index contributed by atoms with van der Waals surface area (Å²) < 4.78 is 0. The lowest BCUT2D eigenvalue weighted by Gasteiger charge is -2.20. The van der Waals surface area contributed by atoms with Crippen molar-refractivity contribution in [3.63, 3.8) is 0 Å². The zero-order valence-electron chi connectivity index (χ0n) is 8.95. The van der Waals surface area contributed by atoms with E-state index in [1.165, 1.54) is 11.3 Å². The Balaban J connectivity index is 1.91. The van der Waals surface area contributed by atoms with Gasteiger partial charge in [0.05, 0.1) is 11.6 Å². The number of carbonyl (C=O) groups is 2. The van der Waals surface area contributed by atoms with Gasteiger partial charge in [-0.05, 0) is 13.3 Å². The minimum Gasteiger partial charge on any atom is -0.355 e. The van der Waals surface area contributed by atoms with Gasteiger partial charge in [0.25, 0.3) is 0 Å². The van der Waals surface area contributed by atoms with Crippen LogP contribution in [0.15, 0.2) is 5.38 Å². The smallest absolute Gasteiger partial charge is 0.231 e. The third-order valence-corrected chi connectivity index (χ3v) is 3.36. The molecule has 0 aromatic carbocycles. The number of aromatic nitrogens is 1. The summed E-state index contributed by atoms with van der Waals surface area (Å²) in [4.78, 5) is 26.9. The standard InChI is InChI=1S/C10H13N3O2S/c1-6-5-16-10(12-6)13-9(15)7-2-3-8(14)11-4-7/h5,7H,2-4H2,1H3,(H,11,14)(H,12,13,15). The lowest BCUT2D eigenvalue weighted by molar-refractivity contribution is -0.126. The van der Waals surface area contributed by atoms with Gasteiger partial charge in [0.2, 0.25) is 11.8 Å². The molecule has 1 saturated heterocycles. The highest BCUT2D eigenvalue weighted by Crippen LogP contribution is 2.17. The van der Waals surface area contributed by atoms with Gasteiger partial charge >= 0.3 is 0 Å². The fourth-order valence-corrected chi connectivity index (χ4v) is 2.27. The van der Waals surface area contributed by atoms with E-state index < -0.39 is 0 Å². The average Bonchev–Trinajstić information content (AvgIpc) is 2.65. The molecule has 1 unspecified atom stereocenters. The van der Waals surface area contributed by atoms with Crippen LogP contribution in [-0.4, -0.2) is 23.3 Å². The quantitative estimate of drug-likeness (QED) is 0.806. The van der Waals surface area contributed by atoms with E-state index in [4.69, 9.17) is 0 Å². The second-order valence-electron chi connectivity index (χ2n) is 3.82. The third-order valence-electron chi connectivity index (χ3n) is 2.49. The molecule has 86 valence electrons. The zero-order chi connectivity index (χ0) is 11.5. The Hall–Kier alpha value is -1.43. The van der Waals surface area contributed by atoms with Gasteiger partial charge in [-0.3, -0.25) is 9.59 Å². The molecule has 2 heterocycles. The van der Waals surface area contributed by atoms with Crippen LogP contribution in [0.25, 0.3) is 0 Å². The number of carbonyl (C=O) groups excluding carboxylic acids is 2. The summed E-state index contributed by atoms with van der Waals surface area (Å²) >= 11 is 1.41. The first-order chi connectivity index (χ1) is 7.65. The Morgan fingerprint density at radius 3 is 3.06 bits per heavy atom. The molecule has 0 bridgehead atoms. The number of nitrogens with zero attached hydrogens (tertiary/aromatic N) is 1. The molecule has 6 heteroatoms. The van der Waals surface area contributed by atoms with Crippen molar-refractivity contribution in [2.45, 2.75) is 19.8 Å². The molecule has 0 radical (unpaired) electrons. The Morgan fingerprint density at radius 1 is 1.69 bits per heavy atom. The topological polar surface area (TPSA) is 71.1 Å². The highest BCUT2D eigenvalue weighted by Gasteiger charge is 2.24. The number of nitrogens with one attached hydrogen (secondary N) is 2. The number of piperidine rings is 1. The Bertz CT molecular complexity index is 406. The summed E-state index contributed by atoms with van der Waals surface area (Å²) in [5, 5.41) is 7.96. The largest absolute Gasteiger partial charge is 0.355 e. The normalized spacial score (nSPS) is 20.3. The monoisotopic (exact) mass is 239 g/mol. The number of amides is 2. The number of hydrogen-bond acceptors (Lipinski definition) is 4. The number of hydrogen-bond donors (Lipinski definition) is 2. The van der Waals surface area contributed by atoms with Gasteiger partial charge in [-0.1, -0.05) is 0 Å². The number of aryl methyl sites for hydroxylation is 1. The van der Waals surface area contributed by atoms with E-state index in [-0.39, 0.29) is 17.7 Å². The summed E-state index contributed by atoms with van der Waals surface area (Å²) in [7, 11) is 0. The molecule has 0 spiro atoms. The van der Waals surface area contributed by atoms with Crippen LogP contribution in [0, 0.1) is 12.8 Å². The highest BCUT2D eigenvalue weighted by atomic mass is 32.1. The Labute approximate surface area is 97.3 Å². The first-order valence-corrected chi connectivity index (χ1v) is 6.03. The van der Waals surface area contributed by atoms with Crippen LogP contribution in [0.2, 0.25) is 0 Å². The fraction of sp³-hybridized carbons (Fsp3) is 0.500. The second-order valence-corrected chi connectivity index (χ2v) is 4.68. The highest BCUT2D eigenvalue weighted by molar-refractivity contribution is 7.13. The molecule has 5 nitrogen and oxygen atoms in total. The van der Waals surface area contributed by atoms with Crippen molar-refractivity contribution in [3.8, 4) is 0 Å². The molecule has 1 aliphatic rings. The van der Waals surface area contributed by atoms with Crippen LogP contribution in [0.4, 0.5) is 5.13 Å². The van der Waals surface area contributed by atoms with Crippen LogP contribution < -0.4 is 10.6 Å². The molecule has 1 fully saturated rings. The van der Waals surface area contributed by atoms with Crippen molar-refractivity contribution in [1.29, 1.82) is 0 Å². The molecule has 1 aromatic rings. The molecule has 1 atom stereocenters. The van der Waals surface area contributed by atoms with Crippen molar-refractivity contribution >= 4 is 28.3 Å². The van der Waals surface area contributed by atoms with Crippen molar-refractivity contribution < 1.29 is 9.59 Å². The van der Waals surface area contributed by atoms with Crippen molar-refractivity contribution in [3.05, 3.63) is 11.1 Å². The van der Waals surface area contributed by atoms with E-state index in [2.05, 4.69) is 15.6 Å². The van der Waals surface area contributed by atoms with Gasteiger partial charge in [-0.2, -0.15) is 0 Å². The molecule has 0 aliphatic carbocycles. The molecule has 1 aliphatic heterocycles. The number of rotatable bonds is 2. The minimum atomic E-state index is -0.137. The molecule has 2 N–H and O–H groups in total. The molecule has 2 amide bonds. The fourth-order valence-electron chi connectivity index (χ4n) is 1.58. The summed E-state index contributed by atoms with van der Waals surface area (Å²) in [6.07, 6.45) is 1.04. The van der Waals surface area contributed by atoms with Gasteiger partial charge in [-0.25, -0.2) is 4.98 Å². The molecule has 1 aromatic heterocycles. The average molecular weight is 239 g/mol. The lowest BCUT2D eigenvalue weighted by atomic mass is 9.98. The van der Waals surface area contributed by atoms with E-state index in [1.54, 1.807) is 0 Å². The van der Waals surface area contributed by atoms with Crippen LogP contribution in [0.3, 0.4) is 0 Å². The SMILES string of the molecule is Cc1csc(NC(=O)C2CCC(=O)NC2)n1. The van der Waals surface area contributed by atoms with Crippen LogP contribution in [0.1, 0.15) is 18.5 Å². The maximum absolute atomic E-state index is 11.8. The lowest BCUT2D eigenvalue weighted by Crippen LogP contribution is -2.40. The van der Waals surface area contributed by atoms with Gasteiger partial charge < -0.3 is 10.6 Å². The Kier molecular flexibility index (Phi) is 3.19. The van der Waals surface area contributed by atoms with E-state index in [0.717, 1.165) is 5.69 Å². The summed E-state index contributed by atoms with van der Waals surface area (Å²) in [6.45, 7) is 2.31. The van der Waals surface area contributed by atoms with E-state index in [9.17, 15) is 9.59 Å². The van der Waals surface area contributed by atoms with Crippen molar-refractivity contribution in [2.75, 3.05) is 11.9 Å². The van der Waals surface area contributed by atoms with Crippen LogP contribution in [0.5, 0.6) is 0 Å². The summed E-state index contributed by atoms with van der Waals surface area (Å²) in [5.74, 6) is -0.176. The van der Waals surface area contributed by atoms with Crippen molar-refractivity contribution in [1.82, 2.24) is 10.3 Å². The van der Waals surface area contributed by atoms with Gasteiger partial charge in [-0.15, -0.1) is 11.3 Å². The van der Waals surface area contributed by atoms with Gasteiger partial charge in [0.1, 0.15) is 0 Å². The third kappa shape index (κ3) is 2.57. The van der Waals surface area contributed by atoms with Gasteiger partial charge in [0, 0.05) is 18.3 Å². The predicted molar refractivity (Wildman–Crippen MR) is 61.2 cm³/mol. The first kappa shape index (κ1) is 11.1. The Morgan fingerprint density at radius 2 is 2.50 bits per heavy atom. The molecule has 2 rings (SSSR count). The second kappa shape index (κ2) is 4.61. The zero-order valence-corrected chi connectivity index (χ0v) is 9.76. The molecular weight excluding hydrogens is 226 g/mol. The number of anilines is 1. The summed E-state index contributed by atoms with van der Waals surface area (Å²) in [6, 6.07) is 0. The molecular formula is C10H13N3O2S. The van der Waals surface area contributed by atoms with E-state index in [1.807, 2.05) is 12.3 Å². The maximum atomic E-state index is 11.8. The minimum absolute atomic E-state index is 0.0224. The van der Waals surface area contributed by atoms with Crippen molar-refractivity contribution in [2.24, 2.45) is 5.92 Å². The summed E-state index contributed by atoms with van der Waals surface area (Å²) in [5.41, 5.74) is 0.900. The first-order valence-electron chi connectivity index (χ1n) is 5.15.